The van der Waals surface area contributed by atoms with Gasteiger partial charge in [-0.2, -0.15) is 0 Å². The van der Waals surface area contributed by atoms with Crippen molar-refractivity contribution in [3.63, 3.8) is 0 Å². The fourth-order valence-electron chi connectivity index (χ4n) is 1.39. The van der Waals surface area contributed by atoms with Crippen molar-refractivity contribution >= 4 is 29.0 Å². The van der Waals surface area contributed by atoms with Crippen LogP contribution in [-0.2, 0) is 9.53 Å². The molecule has 1 amide bonds. The topological polar surface area (TPSA) is 68.4 Å². The molecule has 0 atom stereocenters. The van der Waals surface area contributed by atoms with Gasteiger partial charge in [0.1, 0.15) is 6.61 Å². The van der Waals surface area contributed by atoms with Gasteiger partial charge in [0.15, 0.2) is 5.82 Å². The first-order valence-electron chi connectivity index (χ1n) is 4.47. The second-order valence-corrected chi connectivity index (χ2v) is 3.58. The zero-order chi connectivity index (χ0) is 10.8. The SMILES string of the molecule is Nc1cnc(N2CCOCC2=O)c(Cl)c1. The fourth-order valence-corrected chi connectivity index (χ4v) is 1.66. The summed E-state index contributed by atoms with van der Waals surface area (Å²) in [6, 6.07) is 1.58. The number of morpholine rings is 1. The monoisotopic (exact) mass is 227 g/mol. The van der Waals surface area contributed by atoms with E-state index in [-0.39, 0.29) is 12.5 Å². The molecule has 1 aliphatic rings. The lowest BCUT2D eigenvalue weighted by atomic mass is 10.3. The molecule has 1 saturated heterocycles. The van der Waals surface area contributed by atoms with Crippen LogP contribution in [0.2, 0.25) is 5.02 Å². The highest BCUT2D eigenvalue weighted by Gasteiger charge is 2.23. The van der Waals surface area contributed by atoms with Crippen molar-refractivity contribution in [3.8, 4) is 0 Å². The normalized spacial score (nSPS) is 16.9. The summed E-state index contributed by atoms with van der Waals surface area (Å²) in [5.41, 5.74) is 5.99. The van der Waals surface area contributed by atoms with Gasteiger partial charge in [0.25, 0.3) is 5.91 Å². The van der Waals surface area contributed by atoms with Gasteiger partial charge in [-0.1, -0.05) is 11.6 Å². The van der Waals surface area contributed by atoms with Crippen LogP contribution in [0.3, 0.4) is 0 Å². The summed E-state index contributed by atoms with van der Waals surface area (Å²) >= 11 is 5.95. The van der Waals surface area contributed by atoms with Crippen molar-refractivity contribution in [3.05, 3.63) is 17.3 Å². The third-order valence-corrected chi connectivity index (χ3v) is 2.36. The zero-order valence-electron chi connectivity index (χ0n) is 7.94. The van der Waals surface area contributed by atoms with Crippen LogP contribution in [0.1, 0.15) is 0 Å². The Labute approximate surface area is 91.8 Å². The summed E-state index contributed by atoms with van der Waals surface area (Å²) in [6.07, 6.45) is 1.48. The van der Waals surface area contributed by atoms with Crippen molar-refractivity contribution in [2.75, 3.05) is 30.4 Å². The predicted molar refractivity (Wildman–Crippen MR) is 56.8 cm³/mol. The second-order valence-electron chi connectivity index (χ2n) is 3.17. The van der Waals surface area contributed by atoms with Gasteiger partial charge in [-0.15, -0.1) is 0 Å². The quantitative estimate of drug-likeness (QED) is 0.766. The number of pyridine rings is 1. The molecule has 1 aromatic rings. The second kappa shape index (κ2) is 4.04. The van der Waals surface area contributed by atoms with E-state index in [4.69, 9.17) is 22.1 Å². The molecule has 1 fully saturated rings. The van der Waals surface area contributed by atoms with E-state index >= 15 is 0 Å². The van der Waals surface area contributed by atoms with E-state index in [1.165, 1.54) is 11.1 Å². The Bertz CT molecular complexity index is 397. The molecule has 1 aromatic heterocycles. The summed E-state index contributed by atoms with van der Waals surface area (Å²) in [5, 5.41) is 0.380. The van der Waals surface area contributed by atoms with Gasteiger partial charge >= 0.3 is 0 Å². The third-order valence-electron chi connectivity index (χ3n) is 2.08. The maximum absolute atomic E-state index is 11.5. The molecule has 0 spiro atoms. The number of anilines is 2. The smallest absolute Gasteiger partial charge is 0.254 e. The predicted octanol–water partition coefficient (Wildman–Crippen LogP) is 0.680. The van der Waals surface area contributed by atoms with E-state index in [9.17, 15) is 4.79 Å². The molecule has 5 nitrogen and oxygen atoms in total. The number of nitrogens with two attached hydrogens (primary N) is 1. The van der Waals surface area contributed by atoms with Crippen molar-refractivity contribution in [2.24, 2.45) is 0 Å². The summed E-state index contributed by atoms with van der Waals surface area (Å²) in [5.74, 6) is 0.305. The number of ether oxygens (including phenoxy) is 1. The lowest BCUT2D eigenvalue weighted by Gasteiger charge is -2.26. The average molecular weight is 228 g/mol. The van der Waals surface area contributed by atoms with Gasteiger partial charge in [-0.05, 0) is 6.07 Å². The van der Waals surface area contributed by atoms with E-state index in [1.54, 1.807) is 6.07 Å². The Morgan fingerprint density at radius 3 is 3.07 bits per heavy atom. The molecule has 2 rings (SSSR count). The van der Waals surface area contributed by atoms with E-state index in [2.05, 4.69) is 4.98 Å². The van der Waals surface area contributed by atoms with E-state index in [0.29, 0.717) is 29.7 Å². The molecule has 80 valence electrons. The molecule has 0 aliphatic carbocycles. The van der Waals surface area contributed by atoms with Crippen LogP contribution in [-0.4, -0.2) is 30.6 Å². The highest BCUT2D eigenvalue weighted by atomic mass is 35.5. The Morgan fingerprint density at radius 2 is 2.40 bits per heavy atom. The first kappa shape index (κ1) is 10.2. The van der Waals surface area contributed by atoms with Gasteiger partial charge in [0, 0.05) is 0 Å². The molecular formula is C9H10ClN3O2. The Balaban J connectivity index is 2.31. The Kier molecular flexibility index (Phi) is 2.75. The number of nitrogen functional groups attached to an aromatic ring is 1. The standard InChI is InChI=1S/C9H10ClN3O2/c10-7-3-6(11)4-12-9(7)13-1-2-15-5-8(13)14/h3-4H,1-2,5,11H2. The minimum absolute atomic E-state index is 0.0718. The number of halogens is 1. The molecule has 2 heterocycles. The number of carbonyl (C=O) groups is 1. The van der Waals surface area contributed by atoms with Gasteiger partial charge in [-0.3, -0.25) is 9.69 Å². The lowest BCUT2D eigenvalue weighted by Crippen LogP contribution is -2.42. The number of hydrogen-bond donors (Lipinski definition) is 1. The van der Waals surface area contributed by atoms with Crippen LogP contribution < -0.4 is 10.6 Å². The molecule has 1 aliphatic heterocycles. The van der Waals surface area contributed by atoms with Gasteiger partial charge < -0.3 is 10.5 Å². The van der Waals surface area contributed by atoms with Crippen molar-refractivity contribution in [1.29, 1.82) is 0 Å². The molecule has 2 N–H and O–H groups in total. The Hall–Kier alpha value is -1.33. The average Bonchev–Trinajstić information content (AvgIpc) is 2.20. The van der Waals surface area contributed by atoms with Crippen molar-refractivity contribution < 1.29 is 9.53 Å². The van der Waals surface area contributed by atoms with E-state index < -0.39 is 0 Å². The number of rotatable bonds is 1. The van der Waals surface area contributed by atoms with E-state index in [0.717, 1.165) is 0 Å². The number of amides is 1. The first-order chi connectivity index (χ1) is 7.18. The van der Waals surface area contributed by atoms with Crippen molar-refractivity contribution in [2.45, 2.75) is 0 Å². The maximum Gasteiger partial charge on any atom is 0.254 e. The minimum Gasteiger partial charge on any atom is -0.397 e. The highest BCUT2D eigenvalue weighted by Crippen LogP contribution is 2.25. The molecule has 0 aromatic carbocycles. The highest BCUT2D eigenvalue weighted by molar-refractivity contribution is 6.33. The van der Waals surface area contributed by atoms with Crippen LogP contribution >= 0.6 is 11.6 Å². The van der Waals surface area contributed by atoms with Gasteiger partial charge in [0.05, 0.1) is 30.1 Å². The van der Waals surface area contributed by atoms with Crippen LogP contribution in [0.4, 0.5) is 11.5 Å². The minimum atomic E-state index is -0.138. The molecule has 0 radical (unpaired) electrons. The van der Waals surface area contributed by atoms with Crippen molar-refractivity contribution in [1.82, 2.24) is 4.98 Å². The molecule has 0 bridgehead atoms. The summed E-state index contributed by atoms with van der Waals surface area (Å²) in [7, 11) is 0. The van der Waals surface area contributed by atoms with Gasteiger partial charge in [-0.25, -0.2) is 4.98 Å². The Morgan fingerprint density at radius 1 is 1.60 bits per heavy atom. The number of nitrogens with zero attached hydrogens (tertiary/aromatic N) is 2. The molecule has 0 unspecified atom stereocenters. The molecular weight excluding hydrogens is 218 g/mol. The number of hydrogen-bond acceptors (Lipinski definition) is 4. The lowest BCUT2D eigenvalue weighted by molar-refractivity contribution is -0.125. The summed E-state index contributed by atoms with van der Waals surface area (Å²) in [4.78, 5) is 17.1. The first-order valence-corrected chi connectivity index (χ1v) is 4.85. The van der Waals surface area contributed by atoms with Crippen LogP contribution in [0.15, 0.2) is 12.3 Å². The maximum atomic E-state index is 11.5. The number of aromatic nitrogens is 1. The third kappa shape index (κ3) is 2.03. The van der Waals surface area contributed by atoms with Crippen LogP contribution in [0.5, 0.6) is 0 Å². The van der Waals surface area contributed by atoms with Crippen LogP contribution in [0, 0.1) is 0 Å². The summed E-state index contributed by atoms with van der Waals surface area (Å²) < 4.78 is 5.01. The molecule has 15 heavy (non-hydrogen) atoms. The number of carbonyl (C=O) groups excluding carboxylic acids is 1. The van der Waals surface area contributed by atoms with E-state index in [1.807, 2.05) is 0 Å². The molecule has 0 saturated carbocycles. The van der Waals surface area contributed by atoms with Crippen LogP contribution in [0.25, 0.3) is 0 Å². The van der Waals surface area contributed by atoms with Gasteiger partial charge in [0.2, 0.25) is 0 Å². The summed E-state index contributed by atoms with van der Waals surface area (Å²) in [6.45, 7) is 1.03. The fraction of sp³-hybridized carbons (Fsp3) is 0.333. The zero-order valence-corrected chi connectivity index (χ0v) is 8.70. The molecule has 6 heteroatoms. The largest absolute Gasteiger partial charge is 0.397 e.